The van der Waals surface area contributed by atoms with E-state index in [0.717, 1.165) is 37.6 Å². The van der Waals surface area contributed by atoms with E-state index in [0.29, 0.717) is 19.0 Å². The number of carbonyl (C=O) groups excluding carboxylic acids is 1. The second-order valence-corrected chi connectivity index (χ2v) is 5.32. The molecule has 1 atom stereocenters. The zero-order valence-corrected chi connectivity index (χ0v) is 12.9. The smallest absolute Gasteiger partial charge is 0.227 e. The highest BCUT2D eigenvalue weighted by atomic mass is 35.5. The third-order valence-electron chi connectivity index (χ3n) is 3.71. The van der Waals surface area contributed by atoms with E-state index >= 15 is 0 Å². The van der Waals surface area contributed by atoms with E-state index < -0.39 is 11.6 Å². The largest absolute Gasteiger partial charge is 0.342 e. The summed E-state index contributed by atoms with van der Waals surface area (Å²) in [6, 6.07) is 3.23. The van der Waals surface area contributed by atoms with Crippen molar-refractivity contribution in [3.63, 3.8) is 0 Å². The van der Waals surface area contributed by atoms with Crippen LogP contribution in [0.15, 0.2) is 18.2 Å². The molecule has 1 aliphatic heterocycles. The summed E-state index contributed by atoms with van der Waals surface area (Å²) in [6.07, 6.45) is 1.98. The normalized spacial score (nSPS) is 18.2. The molecule has 1 aromatic rings. The SMILES string of the molecule is CNCC1CCCN(C(=O)Cc2cc(F)ccc2F)C1.Cl. The Hall–Kier alpha value is -1.20. The zero-order chi connectivity index (χ0) is 14.5. The Morgan fingerprint density at radius 3 is 2.90 bits per heavy atom. The number of nitrogens with zero attached hydrogens (tertiary/aromatic N) is 1. The van der Waals surface area contributed by atoms with Crippen molar-refractivity contribution in [2.45, 2.75) is 19.3 Å². The number of carbonyl (C=O) groups is 1. The predicted molar refractivity (Wildman–Crippen MR) is 80.5 cm³/mol. The standard InChI is InChI=1S/C15H20F2N2O.ClH/c1-18-9-11-3-2-6-19(10-11)15(20)8-12-7-13(16)4-5-14(12)17;/h4-5,7,11,18H,2-3,6,8-10H2,1H3;1H. The topological polar surface area (TPSA) is 32.3 Å². The number of amides is 1. The summed E-state index contributed by atoms with van der Waals surface area (Å²) >= 11 is 0. The molecule has 1 unspecified atom stereocenters. The van der Waals surface area contributed by atoms with E-state index in [-0.39, 0.29) is 30.3 Å². The quantitative estimate of drug-likeness (QED) is 0.924. The molecule has 0 aromatic heterocycles. The van der Waals surface area contributed by atoms with Gasteiger partial charge in [-0.15, -0.1) is 12.4 Å². The van der Waals surface area contributed by atoms with Crippen molar-refractivity contribution in [1.82, 2.24) is 10.2 Å². The minimum atomic E-state index is -0.525. The molecule has 1 amide bonds. The fraction of sp³-hybridized carbons (Fsp3) is 0.533. The molecular formula is C15H21ClF2N2O. The molecular weight excluding hydrogens is 298 g/mol. The van der Waals surface area contributed by atoms with Crippen LogP contribution in [0.5, 0.6) is 0 Å². The summed E-state index contributed by atoms with van der Waals surface area (Å²) in [4.78, 5) is 14.0. The van der Waals surface area contributed by atoms with Gasteiger partial charge in [-0.25, -0.2) is 8.78 Å². The molecule has 1 aliphatic rings. The first-order valence-corrected chi connectivity index (χ1v) is 6.96. The molecule has 0 radical (unpaired) electrons. The van der Waals surface area contributed by atoms with Crippen LogP contribution in [0.25, 0.3) is 0 Å². The van der Waals surface area contributed by atoms with Crippen LogP contribution in [0.3, 0.4) is 0 Å². The van der Waals surface area contributed by atoms with Gasteiger partial charge in [0.05, 0.1) is 6.42 Å². The van der Waals surface area contributed by atoms with Crippen molar-refractivity contribution in [3.05, 3.63) is 35.4 Å². The molecule has 0 bridgehead atoms. The van der Waals surface area contributed by atoms with Gasteiger partial charge < -0.3 is 10.2 Å². The Morgan fingerprint density at radius 2 is 2.19 bits per heavy atom. The number of benzene rings is 1. The molecule has 0 saturated carbocycles. The van der Waals surface area contributed by atoms with Gasteiger partial charge in [-0.1, -0.05) is 0 Å². The van der Waals surface area contributed by atoms with Gasteiger partial charge in [-0.05, 0) is 50.6 Å². The zero-order valence-electron chi connectivity index (χ0n) is 12.1. The van der Waals surface area contributed by atoms with Gasteiger partial charge in [-0.2, -0.15) is 0 Å². The second-order valence-electron chi connectivity index (χ2n) is 5.32. The van der Waals surface area contributed by atoms with E-state index in [1.807, 2.05) is 7.05 Å². The third-order valence-corrected chi connectivity index (χ3v) is 3.71. The molecule has 118 valence electrons. The third kappa shape index (κ3) is 4.93. The lowest BCUT2D eigenvalue weighted by Gasteiger charge is -2.32. The molecule has 21 heavy (non-hydrogen) atoms. The maximum atomic E-state index is 13.5. The fourth-order valence-electron chi connectivity index (χ4n) is 2.70. The van der Waals surface area contributed by atoms with Crippen LogP contribution in [-0.2, 0) is 11.2 Å². The molecule has 1 saturated heterocycles. The highest BCUT2D eigenvalue weighted by Gasteiger charge is 2.23. The van der Waals surface area contributed by atoms with Crippen LogP contribution in [0.1, 0.15) is 18.4 Å². The lowest BCUT2D eigenvalue weighted by molar-refractivity contribution is -0.132. The Balaban J connectivity index is 0.00000220. The molecule has 1 N–H and O–H groups in total. The number of piperidine rings is 1. The summed E-state index contributed by atoms with van der Waals surface area (Å²) in [6.45, 7) is 2.27. The number of likely N-dealkylation sites (tertiary alicyclic amines) is 1. The summed E-state index contributed by atoms with van der Waals surface area (Å²) in [5.74, 6) is -0.727. The molecule has 1 aromatic carbocycles. The van der Waals surface area contributed by atoms with E-state index in [9.17, 15) is 13.6 Å². The molecule has 3 nitrogen and oxygen atoms in total. The predicted octanol–water partition coefficient (Wildman–Crippen LogP) is 2.39. The van der Waals surface area contributed by atoms with Crippen LogP contribution >= 0.6 is 12.4 Å². The second kappa shape index (κ2) is 8.29. The summed E-state index contributed by atoms with van der Waals surface area (Å²) in [5.41, 5.74) is 0.130. The van der Waals surface area contributed by atoms with Gasteiger partial charge in [-0.3, -0.25) is 4.79 Å². The average Bonchev–Trinajstić information content (AvgIpc) is 2.43. The first-order valence-electron chi connectivity index (χ1n) is 6.96. The number of hydrogen-bond donors (Lipinski definition) is 1. The van der Waals surface area contributed by atoms with Gasteiger partial charge in [0.2, 0.25) is 5.91 Å². The number of nitrogens with one attached hydrogen (secondary N) is 1. The first kappa shape index (κ1) is 17.9. The Morgan fingerprint density at radius 1 is 1.43 bits per heavy atom. The fourth-order valence-corrected chi connectivity index (χ4v) is 2.70. The van der Waals surface area contributed by atoms with Crippen molar-refractivity contribution < 1.29 is 13.6 Å². The monoisotopic (exact) mass is 318 g/mol. The minimum Gasteiger partial charge on any atom is -0.342 e. The Bertz CT molecular complexity index is 483. The lowest BCUT2D eigenvalue weighted by atomic mass is 9.97. The molecule has 2 rings (SSSR count). The number of halogens is 3. The number of rotatable bonds is 4. The molecule has 0 aliphatic carbocycles. The minimum absolute atomic E-state index is 0. The summed E-state index contributed by atoms with van der Waals surface area (Å²) < 4.78 is 26.6. The van der Waals surface area contributed by atoms with Crippen molar-refractivity contribution in [2.24, 2.45) is 5.92 Å². The average molecular weight is 319 g/mol. The van der Waals surface area contributed by atoms with Crippen molar-refractivity contribution >= 4 is 18.3 Å². The Kier molecular flexibility index (Phi) is 7.05. The molecule has 1 fully saturated rings. The molecule has 1 heterocycles. The van der Waals surface area contributed by atoms with Crippen LogP contribution in [-0.4, -0.2) is 37.5 Å². The van der Waals surface area contributed by atoms with Gasteiger partial charge in [0, 0.05) is 18.7 Å². The van der Waals surface area contributed by atoms with Gasteiger partial charge in [0.25, 0.3) is 0 Å². The van der Waals surface area contributed by atoms with Crippen LogP contribution in [0.2, 0.25) is 0 Å². The van der Waals surface area contributed by atoms with E-state index in [1.54, 1.807) is 4.90 Å². The lowest BCUT2D eigenvalue weighted by Crippen LogP contribution is -2.43. The summed E-state index contributed by atoms with van der Waals surface area (Å²) in [7, 11) is 1.89. The van der Waals surface area contributed by atoms with Gasteiger partial charge in [0.1, 0.15) is 11.6 Å². The summed E-state index contributed by atoms with van der Waals surface area (Å²) in [5, 5.41) is 3.12. The first-order chi connectivity index (χ1) is 9.60. The van der Waals surface area contributed by atoms with Gasteiger partial charge in [0.15, 0.2) is 0 Å². The van der Waals surface area contributed by atoms with Crippen LogP contribution in [0, 0.1) is 17.6 Å². The number of hydrogen-bond acceptors (Lipinski definition) is 2. The van der Waals surface area contributed by atoms with E-state index in [4.69, 9.17) is 0 Å². The van der Waals surface area contributed by atoms with Crippen LogP contribution in [0.4, 0.5) is 8.78 Å². The van der Waals surface area contributed by atoms with Crippen molar-refractivity contribution in [3.8, 4) is 0 Å². The Labute approximate surface area is 130 Å². The van der Waals surface area contributed by atoms with Crippen LogP contribution < -0.4 is 5.32 Å². The highest BCUT2D eigenvalue weighted by molar-refractivity contribution is 5.85. The maximum absolute atomic E-state index is 13.5. The van der Waals surface area contributed by atoms with Crippen molar-refractivity contribution in [2.75, 3.05) is 26.7 Å². The van der Waals surface area contributed by atoms with Gasteiger partial charge >= 0.3 is 0 Å². The van der Waals surface area contributed by atoms with E-state index in [2.05, 4.69) is 5.32 Å². The van der Waals surface area contributed by atoms with E-state index in [1.165, 1.54) is 0 Å². The highest BCUT2D eigenvalue weighted by Crippen LogP contribution is 2.18. The maximum Gasteiger partial charge on any atom is 0.227 e. The molecule has 6 heteroatoms. The molecule has 0 spiro atoms. The van der Waals surface area contributed by atoms with Crippen molar-refractivity contribution in [1.29, 1.82) is 0 Å².